The van der Waals surface area contributed by atoms with Crippen LogP contribution < -0.4 is 5.73 Å². The minimum Gasteiger partial charge on any atom is -0.328 e. The molecule has 9 heavy (non-hydrogen) atoms. The van der Waals surface area contributed by atoms with Crippen LogP contribution >= 0.6 is 0 Å². The second kappa shape index (κ2) is 2.70. The fourth-order valence-corrected chi connectivity index (χ4v) is 1.66. The summed E-state index contributed by atoms with van der Waals surface area (Å²) in [5, 5.41) is 0. The molecule has 0 spiro atoms. The maximum atomic E-state index is 5.76. The Labute approximate surface area is 57.6 Å². The highest BCUT2D eigenvalue weighted by Gasteiger charge is 2.23. The number of nitrogens with two attached hydrogens (primary N) is 1. The van der Waals surface area contributed by atoms with Crippen molar-refractivity contribution >= 4 is 0 Å². The van der Waals surface area contributed by atoms with Gasteiger partial charge in [0.25, 0.3) is 0 Å². The second-order valence-corrected chi connectivity index (χ2v) is 3.58. The van der Waals surface area contributed by atoms with Crippen molar-refractivity contribution in [1.29, 1.82) is 0 Å². The molecule has 1 heteroatoms. The molecule has 0 radical (unpaired) electrons. The highest BCUT2D eigenvalue weighted by molar-refractivity contribution is 4.79. The Bertz CT molecular complexity index is 88.6. The predicted octanol–water partition coefficient (Wildman–Crippen LogP) is 1.77. The molecule has 0 aliphatic heterocycles. The number of hydrogen-bond acceptors (Lipinski definition) is 1. The van der Waals surface area contributed by atoms with Crippen LogP contribution in [0, 0.1) is 11.8 Å². The average Bonchev–Trinajstić information content (AvgIpc) is 2.14. The van der Waals surface area contributed by atoms with Crippen molar-refractivity contribution in [2.75, 3.05) is 0 Å². The maximum absolute atomic E-state index is 5.76. The van der Waals surface area contributed by atoms with Crippen LogP contribution in [-0.2, 0) is 0 Å². The molecule has 54 valence electrons. The molecule has 1 nitrogen and oxygen atoms in total. The molecule has 1 fully saturated rings. The first-order valence-corrected chi connectivity index (χ1v) is 3.95. The molecule has 0 aromatic heterocycles. The van der Waals surface area contributed by atoms with E-state index in [0.29, 0.717) is 6.04 Å². The summed E-state index contributed by atoms with van der Waals surface area (Å²) in [5.74, 6) is 1.76. The Morgan fingerprint density at radius 2 is 2.00 bits per heavy atom. The summed E-state index contributed by atoms with van der Waals surface area (Å²) in [4.78, 5) is 0. The first kappa shape index (κ1) is 7.07. The number of hydrogen-bond donors (Lipinski definition) is 1. The lowest BCUT2D eigenvalue weighted by atomic mass is 9.94. The van der Waals surface area contributed by atoms with Crippen LogP contribution in [0.25, 0.3) is 0 Å². The summed E-state index contributed by atoms with van der Waals surface area (Å²) in [6.07, 6.45) is 3.87. The predicted molar refractivity (Wildman–Crippen MR) is 40.2 cm³/mol. The van der Waals surface area contributed by atoms with E-state index in [2.05, 4.69) is 13.8 Å². The molecule has 0 saturated heterocycles. The van der Waals surface area contributed by atoms with Crippen LogP contribution in [-0.4, -0.2) is 6.04 Å². The van der Waals surface area contributed by atoms with Gasteiger partial charge in [-0.25, -0.2) is 0 Å². The van der Waals surface area contributed by atoms with E-state index >= 15 is 0 Å². The van der Waals surface area contributed by atoms with Crippen LogP contribution in [0.4, 0.5) is 0 Å². The van der Waals surface area contributed by atoms with Crippen LogP contribution in [0.15, 0.2) is 0 Å². The van der Waals surface area contributed by atoms with Crippen molar-refractivity contribution in [3.63, 3.8) is 0 Å². The quantitative estimate of drug-likeness (QED) is 0.570. The van der Waals surface area contributed by atoms with E-state index in [1.165, 1.54) is 19.3 Å². The van der Waals surface area contributed by atoms with Crippen molar-refractivity contribution in [2.24, 2.45) is 17.6 Å². The average molecular weight is 127 g/mol. The highest BCUT2D eigenvalue weighted by Crippen LogP contribution is 2.29. The lowest BCUT2D eigenvalue weighted by Crippen LogP contribution is -2.15. The van der Waals surface area contributed by atoms with Gasteiger partial charge in [-0.1, -0.05) is 13.8 Å². The Balaban J connectivity index is 2.30. The van der Waals surface area contributed by atoms with Crippen molar-refractivity contribution in [3.05, 3.63) is 0 Å². The van der Waals surface area contributed by atoms with Gasteiger partial charge < -0.3 is 5.73 Å². The lowest BCUT2D eigenvalue weighted by Gasteiger charge is -2.12. The SMILES string of the molecule is CC(C)[C@H]1CC[C@H](N)C1. The van der Waals surface area contributed by atoms with Crippen LogP contribution in [0.1, 0.15) is 33.1 Å². The molecule has 2 atom stereocenters. The third-order valence-corrected chi connectivity index (χ3v) is 2.46. The Kier molecular flexibility index (Phi) is 2.12. The molecule has 1 aliphatic rings. The van der Waals surface area contributed by atoms with E-state index in [9.17, 15) is 0 Å². The van der Waals surface area contributed by atoms with Crippen molar-refractivity contribution < 1.29 is 0 Å². The third kappa shape index (κ3) is 1.68. The molecule has 2 N–H and O–H groups in total. The summed E-state index contributed by atoms with van der Waals surface area (Å²) < 4.78 is 0. The Morgan fingerprint density at radius 1 is 1.33 bits per heavy atom. The molecule has 1 aliphatic carbocycles. The van der Waals surface area contributed by atoms with Crippen LogP contribution in [0.3, 0.4) is 0 Å². The topological polar surface area (TPSA) is 26.0 Å². The summed E-state index contributed by atoms with van der Waals surface area (Å²) >= 11 is 0. The van der Waals surface area contributed by atoms with E-state index in [0.717, 1.165) is 11.8 Å². The summed E-state index contributed by atoms with van der Waals surface area (Å²) in [5.41, 5.74) is 5.76. The fraction of sp³-hybridized carbons (Fsp3) is 1.00. The van der Waals surface area contributed by atoms with Gasteiger partial charge >= 0.3 is 0 Å². The molecule has 0 bridgehead atoms. The Morgan fingerprint density at radius 3 is 2.22 bits per heavy atom. The number of rotatable bonds is 1. The van der Waals surface area contributed by atoms with E-state index in [4.69, 9.17) is 5.73 Å². The molecule has 0 amide bonds. The molecule has 1 saturated carbocycles. The van der Waals surface area contributed by atoms with Gasteiger partial charge in [-0.3, -0.25) is 0 Å². The van der Waals surface area contributed by atoms with Gasteiger partial charge in [-0.15, -0.1) is 0 Å². The molecule has 0 aromatic carbocycles. The van der Waals surface area contributed by atoms with E-state index < -0.39 is 0 Å². The first-order chi connectivity index (χ1) is 4.20. The van der Waals surface area contributed by atoms with Gasteiger partial charge in [0.05, 0.1) is 0 Å². The van der Waals surface area contributed by atoms with Gasteiger partial charge in [-0.2, -0.15) is 0 Å². The zero-order chi connectivity index (χ0) is 6.85. The third-order valence-electron chi connectivity index (χ3n) is 2.46. The second-order valence-electron chi connectivity index (χ2n) is 3.58. The molecule has 0 aromatic rings. The summed E-state index contributed by atoms with van der Waals surface area (Å²) in [6.45, 7) is 4.59. The fourth-order valence-electron chi connectivity index (χ4n) is 1.66. The van der Waals surface area contributed by atoms with Gasteiger partial charge in [0.15, 0.2) is 0 Å². The largest absolute Gasteiger partial charge is 0.328 e. The van der Waals surface area contributed by atoms with Gasteiger partial charge in [-0.05, 0) is 31.1 Å². The molecule has 0 unspecified atom stereocenters. The normalized spacial score (nSPS) is 36.0. The molecular weight excluding hydrogens is 110 g/mol. The highest BCUT2D eigenvalue weighted by atomic mass is 14.6. The van der Waals surface area contributed by atoms with Gasteiger partial charge in [0.2, 0.25) is 0 Å². The zero-order valence-electron chi connectivity index (χ0n) is 6.43. The van der Waals surface area contributed by atoms with Gasteiger partial charge in [0.1, 0.15) is 0 Å². The Hall–Kier alpha value is -0.0400. The van der Waals surface area contributed by atoms with Crippen molar-refractivity contribution in [2.45, 2.75) is 39.2 Å². The minimum atomic E-state index is 0.511. The zero-order valence-corrected chi connectivity index (χ0v) is 6.43. The van der Waals surface area contributed by atoms with Crippen molar-refractivity contribution in [1.82, 2.24) is 0 Å². The van der Waals surface area contributed by atoms with Crippen molar-refractivity contribution in [3.8, 4) is 0 Å². The van der Waals surface area contributed by atoms with E-state index in [1.54, 1.807) is 0 Å². The smallest absolute Gasteiger partial charge is 0.00416 e. The maximum Gasteiger partial charge on any atom is 0.00416 e. The summed E-state index contributed by atoms with van der Waals surface area (Å²) in [7, 11) is 0. The monoisotopic (exact) mass is 127 g/mol. The molecule has 1 rings (SSSR count). The van der Waals surface area contributed by atoms with Gasteiger partial charge in [0, 0.05) is 6.04 Å². The minimum absolute atomic E-state index is 0.511. The lowest BCUT2D eigenvalue weighted by molar-refractivity contribution is 0.391. The van der Waals surface area contributed by atoms with E-state index in [1.807, 2.05) is 0 Å². The molecular formula is C8H17N. The molecule has 0 heterocycles. The standard InChI is InChI=1S/C8H17N/c1-6(2)7-3-4-8(9)5-7/h6-8H,3-5,9H2,1-2H3/t7-,8-/m0/s1. The first-order valence-electron chi connectivity index (χ1n) is 3.95. The van der Waals surface area contributed by atoms with E-state index in [-0.39, 0.29) is 0 Å². The van der Waals surface area contributed by atoms with Crippen LogP contribution in [0.5, 0.6) is 0 Å². The summed E-state index contributed by atoms with van der Waals surface area (Å²) in [6, 6.07) is 0.511. The van der Waals surface area contributed by atoms with Crippen LogP contribution in [0.2, 0.25) is 0 Å².